The number of carbonyl (C=O) groups excluding carboxylic acids is 2. The van der Waals surface area contributed by atoms with Crippen LogP contribution in [0.2, 0.25) is 5.02 Å². The number of non-ortho nitro benzene ring substituents is 1. The molecule has 2 aromatic carbocycles. The van der Waals surface area contributed by atoms with Gasteiger partial charge < -0.3 is 4.74 Å². The van der Waals surface area contributed by atoms with Gasteiger partial charge in [-0.2, -0.15) is 0 Å². The number of nitro groups is 1. The molecule has 1 saturated heterocycles. The third kappa shape index (κ3) is 5.20. The fourth-order valence-corrected chi connectivity index (χ4v) is 3.87. The number of nitrogens with zero attached hydrogens (tertiary/aromatic N) is 2. The Balaban J connectivity index is 1.66. The molecule has 1 aliphatic rings. The third-order valence-electron chi connectivity index (χ3n) is 4.40. The lowest BCUT2D eigenvalue weighted by atomic mass is 10.2. The van der Waals surface area contributed by atoms with Crippen LogP contribution in [0.3, 0.4) is 0 Å². The Morgan fingerprint density at radius 3 is 2.57 bits per heavy atom. The van der Waals surface area contributed by atoms with E-state index >= 15 is 0 Å². The van der Waals surface area contributed by atoms with Gasteiger partial charge in [0.2, 0.25) is 0 Å². The van der Waals surface area contributed by atoms with Crippen LogP contribution in [0.4, 0.5) is 10.5 Å². The number of hydrogen-bond acceptors (Lipinski definition) is 6. The summed E-state index contributed by atoms with van der Waals surface area (Å²) < 4.78 is 5.69. The Kier molecular flexibility index (Phi) is 7.12. The van der Waals surface area contributed by atoms with Crippen molar-refractivity contribution in [1.29, 1.82) is 0 Å². The average Bonchev–Trinajstić information content (AvgIpc) is 2.98. The lowest BCUT2D eigenvalue weighted by Gasteiger charge is -2.11. The quantitative estimate of drug-likeness (QED) is 0.295. The van der Waals surface area contributed by atoms with Gasteiger partial charge in [0.05, 0.1) is 14.9 Å². The molecule has 156 valence electrons. The van der Waals surface area contributed by atoms with Crippen molar-refractivity contribution in [3.8, 4) is 5.75 Å². The second-order valence-electron chi connectivity index (χ2n) is 6.59. The summed E-state index contributed by atoms with van der Waals surface area (Å²) in [4.78, 5) is 36.3. The third-order valence-corrected chi connectivity index (χ3v) is 5.61. The Morgan fingerprint density at radius 1 is 1.20 bits per heavy atom. The van der Waals surface area contributed by atoms with Crippen molar-refractivity contribution < 1.29 is 19.2 Å². The number of halogens is 1. The lowest BCUT2D eigenvalue weighted by Crippen LogP contribution is -2.29. The van der Waals surface area contributed by atoms with E-state index in [0.29, 0.717) is 27.8 Å². The zero-order valence-electron chi connectivity index (χ0n) is 16.2. The smallest absolute Gasteiger partial charge is 0.293 e. The SMILES string of the molecule is CCCCN1C(=O)S/C(=C\c2ccc(OCc3ccc([N+](=O)[O-])cc3)c(Cl)c2)C1=O. The van der Waals surface area contributed by atoms with Crippen LogP contribution in [0.5, 0.6) is 5.75 Å². The van der Waals surface area contributed by atoms with Gasteiger partial charge in [0, 0.05) is 18.7 Å². The highest BCUT2D eigenvalue weighted by Crippen LogP contribution is 2.34. The predicted molar refractivity (Wildman–Crippen MR) is 116 cm³/mol. The maximum absolute atomic E-state index is 12.4. The van der Waals surface area contributed by atoms with Crippen LogP contribution in [0.25, 0.3) is 6.08 Å². The molecule has 1 fully saturated rings. The maximum Gasteiger partial charge on any atom is 0.293 e. The van der Waals surface area contributed by atoms with Crippen molar-refractivity contribution in [2.45, 2.75) is 26.4 Å². The van der Waals surface area contributed by atoms with Crippen molar-refractivity contribution in [1.82, 2.24) is 4.90 Å². The molecule has 0 bridgehead atoms. The second-order valence-corrected chi connectivity index (χ2v) is 7.99. The van der Waals surface area contributed by atoms with Crippen LogP contribution in [0.15, 0.2) is 47.4 Å². The van der Waals surface area contributed by atoms with Gasteiger partial charge in [-0.1, -0.05) is 31.0 Å². The van der Waals surface area contributed by atoms with Crippen LogP contribution in [0, 0.1) is 10.1 Å². The zero-order chi connectivity index (χ0) is 21.7. The normalized spacial score (nSPS) is 15.1. The van der Waals surface area contributed by atoms with E-state index in [2.05, 4.69) is 0 Å². The molecule has 1 aliphatic heterocycles. The molecule has 0 N–H and O–H groups in total. The molecule has 0 saturated carbocycles. The molecule has 0 aromatic heterocycles. The summed E-state index contributed by atoms with van der Waals surface area (Å²) >= 11 is 7.22. The number of imide groups is 1. The van der Waals surface area contributed by atoms with E-state index in [4.69, 9.17) is 16.3 Å². The summed E-state index contributed by atoms with van der Waals surface area (Å²) in [6.07, 6.45) is 3.32. The summed E-state index contributed by atoms with van der Waals surface area (Å²) in [7, 11) is 0. The fourth-order valence-electron chi connectivity index (χ4n) is 2.76. The number of carbonyl (C=O) groups is 2. The number of amides is 2. The number of benzene rings is 2. The average molecular weight is 447 g/mol. The van der Waals surface area contributed by atoms with Crippen LogP contribution in [-0.4, -0.2) is 27.5 Å². The van der Waals surface area contributed by atoms with Crippen LogP contribution < -0.4 is 4.74 Å². The van der Waals surface area contributed by atoms with Gasteiger partial charge >= 0.3 is 0 Å². The molecule has 0 aliphatic carbocycles. The summed E-state index contributed by atoms with van der Waals surface area (Å²) in [6, 6.07) is 11.2. The monoisotopic (exact) mass is 446 g/mol. The first-order valence-electron chi connectivity index (χ1n) is 9.30. The van der Waals surface area contributed by atoms with E-state index in [-0.39, 0.29) is 23.4 Å². The first-order chi connectivity index (χ1) is 14.4. The second kappa shape index (κ2) is 9.77. The molecule has 7 nitrogen and oxygen atoms in total. The number of hydrogen-bond donors (Lipinski definition) is 0. The topological polar surface area (TPSA) is 89.8 Å². The van der Waals surface area contributed by atoms with Crippen LogP contribution >= 0.6 is 23.4 Å². The first kappa shape index (κ1) is 21.9. The highest BCUT2D eigenvalue weighted by Gasteiger charge is 2.34. The highest BCUT2D eigenvalue weighted by atomic mass is 35.5. The van der Waals surface area contributed by atoms with Gasteiger partial charge in [0.25, 0.3) is 16.8 Å². The fraction of sp³-hybridized carbons (Fsp3) is 0.238. The number of thioether (sulfide) groups is 1. The molecule has 0 unspecified atom stereocenters. The molecular formula is C21H19ClN2O5S. The van der Waals surface area contributed by atoms with Gasteiger partial charge in [-0.05, 0) is 59.7 Å². The van der Waals surface area contributed by atoms with Crippen molar-refractivity contribution in [2.24, 2.45) is 0 Å². The molecule has 9 heteroatoms. The molecule has 0 spiro atoms. The van der Waals surface area contributed by atoms with Gasteiger partial charge in [0.1, 0.15) is 12.4 Å². The standard InChI is InChI=1S/C21H19ClN2O5S/c1-2-3-10-23-20(25)19(30-21(23)26)12-15-6-9-18(17(22)11-15)29-13-14-4-7-16(8-5-14)24(27)28/h4-9,11-12H,2-3,10,13H2,1H3/b19-12-. The van der Waals surface area contributed by atoms with E-state index in [1.807, 2.05) is 6.92 Å². The number of nitro benzene ring substituents is 1. The van der Waals surface area contributed by atoms with Gasteiger partial charge in [0.15, 0.2) is 0 Å². The zero-order valence-corrected chi connectivity index (χ0v) is 17.7. The summed E-state index contributed by atoms with van der Waals surface area (Å²) in [6.45, 7) is 2.63. The molecule has 1 heterocycles. The maximum atomic E-state index is 12.4. The largest absolute Gasteiger partial charge is 0.487 e. The van der Waals surface area contributed by atoms with Crippen molar-refractivity contribution >= 4 is 46.3 Å². The first-order valence-corrected chi connectivity index (χ1v) is 10.5. The Labute approximate surface area is 182 Å². The number of ether oxygens (including phenoxy) is 1. The number of unbranched alkanes of at least 4 members (excludes halogenated alkanes) is 1. The molecule has 0 atom stereocenters. The van der Waals surface area contributed by atoms with Crippen molar-refractivity contribution in [3.05, 3.63) is 73.6 Å². The Morgan fingerprint density at radius 2 is 1.93 bits per heavy atom. The lowest BCUT2D eigenvalue weighted by molar-refractivity contribution is -0.384. The molecule has 2 aromatic rings. The van der Waals surface area contributed by atoms with Crippen molar-refractivity contribution in [2.75, 3.05) is 6.54 Å². The van der Waals surface area contributed by atoms with Gasteiger partial charge in [-0.15, -0.1) is 0 Å². The molecule has 2 amide bonds. The van der Waals surface area contributed by atoms with Crippen LogP contribution in [0.1, 0.15) is 30.9 Å². The van der Waals surface area contributed by atoms with Gasteiger partial charge in [-0.25, -0.2) is 0 Å². The summed E-state index contributed by atoms with van der Waals surface area (Å²) in [5, 5.41) is 10.8. The van der Waals surface area contributed by atoms with E-state index < -0.39 is 4.92 Å². The Bertz CT molecular complexity index is 1010. The Hall–Kier alpha value is -2.84. The minimum atomic E-state index is -0.460. The molecule has 3 rings (SSSR count). The molecular weight excluding hydrogens is 428 g/mol. The summed E-state index contributed by atoms with van der Waals surface area (Å²) in [5.74, 6) is 0.163. The minimum Gasteiger partial charge on any atom is -0.487 e. The predicted octanol–water partition coefficient (Wildman–Crippen LogP) is 5.66. The van der Waals surface area contributed by atoms with E-state index in [1.165, 1.54) is 17.0 Å². The van der Waals surface area contributed by atoms with Crippen LogP contribution in [-0.2, 0) is 11.4 Å². The highest BCUT2D eigenvalue weighted by molar-refractivity contribution is 8.18. The minimum absolute atomic E-state index is 0.0141. The molecule has 0 radical (unpaired) electrons. The summed E-state index contributed by atoms with van der Waals surface area (Å²) in [5.41, 5.74) is 1.46. The molecule has 30 heavy (non-hydrogen) atoms. The van der Waals surface area contributed by atoms with Gasteiger partial charge in [-0.3, -0.25) is 24.6 Å². The number of rotatable bonds is 8. The van der Waals surface area contributed by atoms with E-state index in [9.17, 15) is 19.7 Å². The van der Waals surface area contributed by atoms with E-state index in [1.54, 1.807) is 36.4 Å². The van der Waals surface area contributed by atoms with Crippen molar-refractivity contribution in [3.63, 3.8) is 0 Å². The van der Waals surface area contributed by atoms with E-state index in [0.717, 1.165) is 30.2 Å².